The number of rotatable bonds is 6. The van der Waals surface area contributed by atoms with Crippen LogP contribution in [0.1, 0.15) is 43.7 Å². The van der Waals surface area contributed by atoms with Crippen LogP contribution < -0.4 is 5.19 Å². The minimum Gasteiger partial charge on any atom is -0.373 e. The predicted octanol–water partition coefficient (Wildman–Crippen LogP) is 3.45. The summed E-state index contributed by atoms with van der Waals surface area (Å²) in [6.07, 6.45) is 6.70. The maximum atomic E-state index is 5.57. The lowest BCUT2D eigenvalue weighted by atomic mass is 9.79. The molecule has 0 heterocycles. The number of hydrogen-bond acceptors (Lipinski definition) is 3. The Balaban J connectivity index is 2.12. The minimum atomic E-state index is -2.71. The fourth-order valence-corrected chi connectivity index (χ4v) is 5.45. The van der Waals surface area contributed by atoms with Crippen molar-refractivity contribution in [1.82, 2.24) is 0 Å². The zero-order chi connectivity index (χ0) is 16.2. The Bertz CT molecular complexity index is 469. The highest BCUT2D eigenvalue weighted by Crippen LogP contribution is 2.31. The van der Waals surface area contributed by atoms with Gasteiger partial charge in [-0.2, -0.15) is 0 Å². The average molecular weight is 323 g/mol. The van der Waals surface area contributed by atoms with Crippen molar-refractivity contribution in [3.8, 4) is 0 Å². The standard InChI is InChI=1S/C18H30O3Si/c1-14-6-8-16(9-7-14)13-17-10-11-18(12-15(17)2)22(19-3,20-4)21-5/h10-12,14,16H,6-9,13H2,1-5H3. The van der Waals surface area contributed by atoms with Crippen LogP contribution in [0.4, 0.5) is 0 Å². The van der Waals surface area contributed by atoms with Gasteiger partial charge in [0.25, 0.3) is 0 Å². The van der Waals surface area contributed by atoms with Crippen LogP contribution in [0.15, 0.2) is 18.2 Å². The molecule has 124 valence electrons. The third-order valence-corrected chi connectivity index (χ3v) is 7.78. The lowest BCUT2D eigenvalue weighted by Crippen LogP contribution is -2.54. The molecule has 1 aliphatic rings. The van der Waals surface area contributed by atoms with Crippen LogP contribution in [0, 0.1) is 18.8 Å². The Morgan fingerprint density at radius 3 is 2.09 bits per heavy atom. The zero-order valence-electron chi connectivity index (χ0n) is 14.6. The van der Waals surface area contributed by atoms with E-state index in [-0.39, 0.29) is 0 Å². The van der Waals surface area contributed by atoms with Crippen LogP contribution in [0.5, 0.6) is 0 Å². The van der Waals surface area contributed by atoms with Crippen LogP contribution >= 0.6 is 0 Å². The van der Waals surface area contributed by atoms with E-state index < -0.39 is 8.80 Å². The highest BCUT2D eigenvalue weighted by molar-refractivity contribution is 6.75. The molecule has 0 bridgehead atoms. The molecule has 0 unspecified atom stereocenters. The minimum absolute atomic E-state index is 0.843. The van der Waals surface area contributed by atoms with Crippen molar-refractivity contribution in [2.45, 2.75) is 46.0 Å². The molecule has 0 aliphatic heterocycles. The summed E-state index contributed by atoms with van der Waals surface area (Å²) in [5.41, 5.74) is 2.77. The molecule has 1 aromatic rings. The van der Waals surface area contributed by atoms with Crippen molar-refractivity contribution < 1.29 is 13.3 Å². The van der Waals surface area contributed by atoms with Crippen molar-refractivity contribution in [3.63, 3.8) is 0 Å². The molecule has 0 atom stereocenters. The van der Waals surface area contributed by atoms with Crippen molar-refractivity contribution >= 4 is 14.0 Å². The van der Waals surface area contributed by atoms with Crippen LogP contribution in [-0.2, 0) is 19.7 Å². The van der Waals surface area contributed by atoms with Gasteiger partial charge in [-0.1, -0.05) is 38.0 Å². The van der Waals surface area contributed by atoms with E-state index in [0.717, 1.165) is 17.0 Å². The Labute approximate surface area is 136 Å². The predicted molar refractivity (Wildman–Crippen MR) is 92.4 cm³/mol. The summed E-state index contributed by atoms with van der Waals surface area (Å²) < 4.78 is 16.7. The highest BCUT2D eigenvalue weighted by Gasteiger charge is 2.40. The first-order valence-corrected chi connectivity index (χ1v) is 10.0. The first-order chi connectivity index (χ1) is 10.5. The monoisotopic (exact) mass is 322 g/mol. The smallest absolute Gasteiger partial charge is 0.373 e. The van der Waals surface area contributed by atoms with Gasteiger partial charge in [0.1, 0.15) is 0 Å². The quantitative estimate of drug-likeness (QED) is 0.751. The van der Waals surface area contributed by atoms with Gasteiger partial charge >= 0.3 is 8.80 Å². The van der Waals surface area contributed by atoms with E-state index >= 15 is 0 Å². The van der Waals surface area contributed by atoms with Crippen molar-refractivity contribution in [1.29, 1.82) is 0 Å². The molecule has 0 saturated heterocycles. The zero-order valence-corrected chi connectivity index (χ0v) is 15.6. The Morgan fingerprint density at radius 2 is 1.59 bits per heavy atom. The summed E-state index contributed by atoms with van der Waals surface area (Å²) in [6, 6.07) is 6.54. The van der Waals surface area contributed by atoms with Crippen LogP contribution in [0.2, 0.25) is 0 Å². The third kappa shape index (κ3) is 3.80. The normalized spacial score (nSPS) is 22.8. The van der Waals surface area contributed by atoms with E-state index in [2.05, 4.69) is 32.0 Å². The van der Waals surface area contributed by atoms with E-state index in [1.165, 1.54) is 43.2 Å². The molecular formula is C18H30O3Si. The van der Waals surface area contributed by atoms with Crippen LogP contribution in [-0.4, -0.2) is 30.1 Å². The molecule has 22 heavy (non-hydrogen) atoms. The van der Waals surface area contributed by atoms with Gasteiger partial charge in [-0.05, 0) is 49.1 Å². The number of aryl methyl sites for hydroxylation is 1. The fourth-order valence-electron chi connectivity index (χ4n) is 3.56. The van der Waals surface area contributed by atoms with Crippen LogP contribution in [0.3, 0.4) is 0 Å². The Hall–Kier alpha value is -0.683. The first-order valence-electron chi connectivity index (χ1n) is 8.30. The topological polar surface area (TPSA) is 27.7 Å². The maximum absolute atomic E-state index is 5.57. The van der Waals surface area contributed by atoms with E-state index in [1.807, 2.05) is 0 Å². The SMILES string of the molecule is CO[Si](OC)(OC)c1ccc(CC2CCC(C)CC2)c(C)c1. The van der Waals surface area contributed by atoms with Gasteiger partial charge in [0.05, 0.1) is 0 Å². The Kier molecular flexibility index (Phi) is 6.21. The molecule has 4 heteroatoms. The van der Waals surface area contributed by atoms with Gasteiger partial charge in [0.15, 0.2) is 0 Å². The highest BCUT2D eigenvalue weighted by atomic mass is 28.4. The van der Waals surface area contributed by atoms with Gasteiger partial charge in [0, 0.05) is 26.5 Å². The van der Waals surface area contributed by atoms with Gasteiger partial charge in [-0.15, -0.1) is 0 Å². The summed E-state index contributed by atoms with van der Waals surface area (Å²) >= 11 is 0. The average Bonchev–Trinajstić information content (AvgIpc) is 2.54. The van der Waals surface area contributed by atoms with Crippen molar-refractivity contribution in [2.24, 2.45) is 11.8 Å². The molecule has 1 aliphatic carbocycles. The molecule has 0 N–H and O–H groups in total. The summed E-state index contributed by atoms with van der Waals surface area (Å²) in [5, 5.41) is 1.04. The van der Waals surface area contributed by atoms with Crippen molar-refractivity contribution in [3.05, 3.63) is 29.3 Å². The molecule has 2 rings (SSSR count). The molecule has 0 amide bonds. The van der Waals surface area contributed by atoms with Crippen molar-refractivity contribution in [2.75, 3.05) is 21.3 Å². The summed E-state index contributed by atoms with van der Waals surface area (Å²) in [6.45, 7) is 4.56. The second-order valence-electron chi connectivity index (χ2n) is 6.64. The van der Waals surface area contributed by atoms with Crippen LogP contribution in [0.25, 0.3) is 0 Å². The second kappa shape index (κ2) is 7.73. The van der Waals surface area contributed by atoms with Gasteiger partial charge in [-0.3, -0.25) is 0 Å². The molecule has 3 nitrogen and oxygen atoms in total. The van der Waals surface area contributed by atoms with Gasteiger partial charge < -0.3 is 13.3 Å². The summed E-state index contributed by atoms with van der Waals surface area (Å²) in [7, 11) is 2.27. The first kappa shape index (κ1) is 17.7. The van der Waals surface area contributed by atoms with E-state index in [1.54, 1.807) is 21.3 Å². The van der Waals surface area contributed by atoms with E-state index in [0.29, 0.717) is 0 Å². The molecule has 1 fully saturated rings. The molecule has 1 saturated carbocycles. The lowest BCUT2D eigenvalue weighted by Gasteiger charge is -2.28. The Morgan fingerprint density at radius 1 is 1.00 bits per heavy atom. The number of benzene rings is 1. The summed E-state index contributed by atoms with van der Waals surface area (Å²) in [4.78, 5) is 0. The lowest BCUT2D eigenvalue weighted by molar-refractivity contribution is 0.140. The maximum Gasteiger partial charge on any atom is 0.536 e. The van der Waals surface area contributed by atoms with Gasteiger partial charge in [0.2, 0.25) is 0 Å². The van der Waals surface area contributed by atoms with E-state index in [4.69, 9.17) is 13.3 Å². The molecule has 0 spiro atoms. The molecule has 0 aromatic heterocycles. The molecule has 1 aromatic carbocycles. The molecular weight excluding hydrogens is 292 g/mol. The third-order valence-electron chi connectivity index (χ3n) is 5.15. The second-order valence-corrected chi connectivity index (χ2v) is 9.55. The number of hydrogen-bond donors (Lipinski definition) is 0. The molecule has 0 radical (unpaired) electrons. The van der Waals surface area contributed by atoms with Gasteiger partial charge in [-0.25, -0.2) is 0 Å². The van der Waals surface area contributed by atoms with E-state index in [9.17, 15) is 0 Å². The summed E-state index contributed by atoms with van der Waals surface area (Å²) in [5.74, 6) is 1.76. The largest absolute Gasteiger partial charge is 0.536 e. The fraction of sp³-hybridized carbons (Fsp3) is 0.667.